The lowest BCUT2D eigenvalue weighted by Crippen LogP contribution is -2.57. The molecule has 1 atom stereocenters. The Balaban J connectivity index is 1.89. The minimum absolute atomic E-state index is 0.00788. The molecule has 0 aliphatic carbocycles. The van der Waals surface area contributed by atoms with Crippen molar-refractivity contribution >= 4 is 21.6 Å². The van der Waals surface area contributed by atoms with Crippen LogP contribution in [-0.2, 0) is 21.2 Å². The van der Waals surface area contributed by atoms with Gasteiger partial charge in [-0.15, -0.1) is 0 Å². The van der Waals surface area contributed by atoms with E-state index in [2.05, 4.69) is 5.32 Å². The molecule has 10 heteroatoms. The Bertz CT molecular complexity index is 842. The molecule has 2 heterocycles. The van der Waals surface area contributed by atoms with E-state index in [0.29, 0.717) is 38.0 Å². The highest BCUT2D eigenvalue weighted by Gasteiger charge is 2.36. The van der Waals surface area contributed by atoms with E-state index < -0.39 is 14.9 Å². The van der Waals surface area contributed by atoms with E-state index in [-0.39, 0.29) is 35.6 Å². The maximum atomic E-state index is 13.2. The van der Waals surface area contributed by atoms with Crippen LogP contribution in [0.15, 0.2) is 23.1 Å². The normalized spacial score (nSPS) is 22.0. The number of carbonyl (C=O) groups is 1. The molecule has 27 heavy (non-hydrogen) atoms. The first kappa shape index (κ1) is 19.7. The first-order valence-corrected chi connectivity index (χ1v) is 10.6. The SMILES string of the molecule is CCc1ccc([N+](=O)[O-])cc1S(=O)(=O)N1CCCC(N2CCNCC2=O)C1. The van der Waals surface area contributed by atoms with Crippen molar-refractivity contribution in [3.8, 4) is 0 Å². The van der Waals surface area contributed by atoms with Gasteiger partial charge in [-0.3, -0.25) is 14.9 Å². The number of nitrogens with zero attached hydrogens (tertiary/aromatic N) is 3. The summed E-state index contributed by atoms with van der Waals surface area (Å²) in [6.07, 6.45) is 1.87. The number of hydrogen-bond acceptors (Lipinski definition) is 6. The monoisotopic (exact) mass is 396 g/mol. The molecule has 1 aromatic carbocycles. The number of nitro benzene ring substituents is 1. The summed E-state index contributed by atoms with van der Waals surface area (Å²) >= 11 is 0. The number of nitro groups is 1. The van der Waals surface area contributed by atoms with E-state index in [1.807, 2.05) is 6.92 Å². The highest BCUT2D eigenvalue weighted by atomic mass is 32.2. The minimum atomic E-state index is -3.87. The number of nitrogens with one attached hydrogen (secondary N) is 1. The second kappa shape index (κ2) is 7.91. The van der Waals surface area contributed by atoms with Crippen molar-refractivity contribution in [3.63, 3.8) is 0 Å². The third-order valence-corrected chi connectivity index (χ3v) is 7.13. The van der Waals surface area contributed by atoms with Gasteiger partial charge in [0.25, 0.3) is 5.69 Å². The summed E-state index contributed by atoms with van der Waals surface area (Å²) in [6.45, 7) is 3.92. The van der Waals surface area contributed by atoms with Crippen molar-refractivity contribution < 1.29 is 18.1 Å². The van der Waals surface area contributed by atoms with E-state index in [1.54, 1.807) is 4.90 Å². The molecular weight excluding hydrogens is 372 g/mol. The maximum absolute atomic E-state index is 13.2. The van der Waals surface area contributed by atoms with E-state index in [1.165, 1.54) is 16.4 Å². The number of sulfonamides is 1. The fourth-order valence-electron chi connectivity index (χ4n) is 3.73. The Morgan fingerprint density at radius 3 is 2.78 bits per heavy atom. The van der Waals surface area contributed by atoms with Gasteiger partial charge in [0.1, 0.15) is 0 Å². The number of amides is 1. The molecule has 0 radical (unpaired) electrons. The van der Waals surface area contributed by atoms with Crippen LogP contribution in [0.1, 0.15) is 25.3 Å². The van der Waals surface area contributed by atoms with Crippen LogP contribution in [0.5, 0.6) is 0 Å². The van der Waals surface area contributed by atoms with Crippen LogP contribution < -0.4 is 5.32 Å². The predicted molar refractivity (Wildman–Crippen MR) is 98.8 cm³/mol. The van der Waals surface area contributed by atoms with Gasteiger partial charge < -0.3 is 10.2 Å². The third kappa shape index (κ3) is 3.97. The highest BCUT2D eigenvalue weighted by Crippen LogP contribution is 2.28. The van der Waals surface area contributed by atoms with Crippen LogP contribution in [0, 0.1) is 10.1 Å². The molecule has 1 amide bonds. The number of aryl methyl sites for hydroxylation is 1. The molecule has 1 N–H and O–H groups in total. The summed E-state index contributed by atoms with van der Waals surface area (Å²) < 4.78 is 27.8. The van der Waals surface area contributed by atoms with E-state index >= 15 is 0 Å². The van der Waals surface area contributed by atoms with Crippen LogP contribution in [0.4, 0.5) is 5.69 Å². The second-order valence-electron chi connectivity index (χ2n) is 6.83. The number of piperazine rings is 1. The third-order valence-electron chi connectivity index (χ3n) is 5.19. The van der Waals surface area contributed by atoms with E-state index in [9.17, 15) is 23.3 Å². The average Bonchev–Trinajstić information content (AvgIpc) is 2.67. The zero-order valence-electron chi connectivity index (χ0n) is 15.3. The summed E-state index contributed by atoms with van der Waals surface area (Å²) in [7, 11) is -3.87. The first-order valence-electron chi connectivity index (χ1n) is 9.12. The predicted octanol–water partition coefficient (Wildman–Crippen LogP) is 0.742. The lowest BCUT2D eigenvalue weighted by atomic mass is 10.1. The number of non-ortho nitro benzene ring substituents is 1. The Morgan fingerprint density at radius 2 is 2.11 bits per heavy atom. The summed E-state index contributed by atoms with van der Waals surface area (Å²) in [6, 6.07) is 3.82. The first-order chi connectivity index (χ1) is 12.8. The molecular formula is C17H24N4O5S. The van der Waals surface area contributed by atoms with Gasteiger partial charge in [0.2, 0.25) is 15.9 Å². The zero-order chi connectivity index (χ0) is 19.6. The molecule has 0 aromatic heterocycles. The van der Waals surface area contributed by atoms with Gasteiger partial charge in [0.05, 0.1) is 16.4 Å². The van der Waals surface area contributed by atoms with Crippen molar-refractivity contribution in [3.05, 3.63) is 33.9 Å². The van der Waals surface area contributed by atoms with Gasteiger partial charge >= 0.3 is 0 Å². The summed E-state index contributed by atoms with van der Waals surface area (Å²) in [5.74, 6) is -0.0184. The van der Waals surface area contributed by atoms with Crippen molar-refractivity contribution in [2.24, 2.45) is 0 Å². The Morgan fingerprint density at radius 1 is 1.33 bits per heavy atom. The fourth-order valence-corrected chi connectivity index (χ4v) is 5.56. The van der Waals surface area contributed by atoms with Gasteiger partial charge in [-0.2, -0.15) is 4.31 Å². The molecule has 1 unspecified atom stereocenters. The largest absolute Gasteiger partial charge is 0.336 e. The number of carbonyl (C=O) groups excluding carboxylic acids is 1. The summed E-state index contributed by atoms with van der Waals surface area (Å²) in [4.78, 5) is 24.4. The number of piperidine rings is 1. The number of rotatable bonds is 5. The van der Waals surface area contributed by atoms with Gasteiger partial charge in [0.15, 0.2) is 0 Å². The Hall–Kier alpha value is -2.04. The smallest absolute Gasteiger partial charge is 0.270 e. The van der Waals surface area contributed by atoms with Crippen molar-refractivity contribution in [1.29, 1.82) is 0 Å². The molecule has 3 rings (SSSR count). The molecule has 148 valence electrons. The molecule has 2 aliphatic heterocycles. The lowest BCUT2D eigenvalue weighted by Gasteiger charge is -2.40. The van der Waals surface area contributed by atoms with Crippen LogP contribution in [0.2, 0.25) is 0 Å². The Labute approximate surface area is 158 Å². The van der Waals surface area contributed by atoms with Gasteiger partial charge in [-0.05, 0) is 24.8 Å². The molecule has 0 spiro atoms. The topological polar surface area (TPSA) is 113 Å². The molecule has 2 fully saturated rings. The van der Waals surface area contributed by atoms with Gasteiger partial charge in [-0.25, -0.2) is 8.42 Å². The van der Waals surface area contributed by atoms with Crippen molar-refractivity contribution in [2.75, 3.05) is 32.7 Å². The van der Waals surface area contributed by atoms with E-state index in [4.69, 9.17) is 0 Å². The van der Waals surface area contributed by atoms with Crippen LogP contribution >= 0.6 is 0 Å². The molecule has 2 aliphatic rings. The Kier molecular flexibility index (Phi) is 5.78. The van der Waals surface area contributed by atoms with Crippen LogP contribution in [-0.4, -0.2) is 67.2 Å². The summed E-state index contributed by atoms with van der Waals surface area (Å²) in [5, 5.41) is 14.1. The lowest BCUT2D eigenvalue weighted by molar-refractivity contribution is -0.385. The zero-order valence-corrected chi connectivity index (χ0v) is 16.1. The molecule has 0 bridgehead atoms. The molecule has 2 saturated heterocycles. The molecule has 1 aromatic rings. The maximum Gasteiger partial charge on any atom is 0.270 e. The molecule has 0 saturated carbocycles. The van der Waals surface area contributed by atoms with Crippen LogP contribution in [0.3, 0.4) is 0 Å². The standard InChI is InChI=1S/C17H24N4O5S/c1-2-13-5-6-14(21(23)24)10-16(13)27(25,26)19-8-3-4-15(12-19)20-9-7-18-11-17(20)22/h5-6,10,15,18H,2-4,7-9,11-12H2,1H3. The van der Waals surface area contributed by atoms with Crippen LogP contribution in [0.25, 0.3) is 0 Å². The fraction of sp³-hybridized carbons (Fsp3) is 0.588. The van der Waals surface area contributed by atoms with Gasteiger partial charge in [-0.1, -0.05) is 13.0 Å². The molecule has 9 nitrogen and oxygen atoms in total. The number of benzene rings is 1. The highest BCUT2D eigenvalue weighted by molar-refractivity contribution is 7.89. The number of hydrogen-bond donors (Lipinski definition) is 1. The average molecular weight is 396 g/mol. The summed E-state index contributed by atoms with van der Waals surface area (Å²) in [5.41, 5.74) is 0.317. The minimum Gasteiger partial charge on any atom is -0.336 e. The van der Waals surface area contributed by atoms with Gasteiger partial charge in [0, 0.05) is 44.4 Å². The van der Waals surface area contributed by atoms with E-state index in [0.717, 1.165) is 12.5 Å². The quantitative estimate of drug-likeness (QED) is 0.580. The van der Waals surface area contributed by atoms with Crippen molar-refractivity contribution in [1.82, 2.24) is 14.5 Å². The van der Waals surface area contributed by atoms with Crippen molar-refractivity contribution in [2.45, 2.75) is 37.1 Å². The second-order valence-corrected chi connectivity index (χ2v) is 8.73.